The minimum absolute atomic E-state index is 0.0299. The van der Waals surface area contributed by atoms with Crippen molar-refractivity contribution in [1.29, 1.82) is 0 Å². The topological polar surface area (TPSA) is 105 Å². The first-order valence-corrected chi connectivity index (χ1v) is 12.4. The molecule has 1 fully saturated rings. The van der Waals surface area contributed by atoms with Crippen LogP contribution in [0.25, 0.3) is 11.1 Å². The van der Waals surface area contributed by atoms with E-state index in [4.69, 9.17) is 9.84 Å². The Hall–Kier alpha value is -3.40. The first kappa shape index (κ1) is 23.3. The summed E-state index contributed by atoms with van der Waals surface area (Å²) in [5.74, 6) is -1.58. The number of fused-ring (bicyclic) bond motifs is 3. The lowest BCUT2D eigenvalue weighted by atomic mass is 9.98. The molecule has 0 saturated heterocycles. The zero-order chi connectivity index (χ0) is 24.5. The third kappa shape index (κ3) is 5.02. The second-order valence-corrected chi connectivity index (χ2v) is 10.1. The van der Waals surface area contributed by atoms with Crippen molar-refractivity contribution in [2.45, 2.75) is 12.3 Å². The quantitative estimate of drug-likeness (QED) is 0.337. The van der Waals surface area contributed by atoms with E-state index in [1.54, 1.807) is 18.2 Å². The molecule has 35 heavy (non-hydrogen) atoms. The number of ether oxygens (including phenoxy) is 1. The van der Waals surface area contributed by atoms with Gasteiger partial charge in [-0.2, -0.15) is 0 Å². The van der Waals surface area contributed by atoms with Crippen LogP contribution >= 0.6 is 22.6 Å². The monoisotopic (exact) mass is 582 g/mol. The number of amides is 2. The van der Waals surface area contributed by atoms with Gasteiger partial charge >= 0.3 is 12.1 Å². The predicted octanol–water partition coefficient (Wildman–Crippen LogP) is 5.10. The van der Waals surface area contributed by atoms with Crippen molar-refractivity contribution in [1.82, 2.24) is 5.32 Å². The molecule has 3 aromatic rings. The summed E-state index contributed by atoms with van der Waals surface area (Å²) in [7, 11) is 0. The van der Waals surface area contributed by atoms with E-state index in [0.29, 0.717) is 24.2 Å². The Morgan fingerprint density at radius 3 is 2.26 bits per heavy atom. The predicted molar refractivity (Wildman–Crippen MR) is 139 cm³/mol. The van der Waals surface area contributed by atoms with Crippen LogP contribution in [0.2, 0.25) is 0 Å². The van der Waals surface area contributed by atoms with Gasteiger partial charge in [0.2, 0.25) is 0 Å². The Morgan fingerprint density at radius 1 is 0.971 bits per heavy atom. The fourth-order valence-corrected chi connectivity index (χ4v) is 5.32. The van der Waals surface area contributed by atoms with E-state index < -0.39 is 12.1 Å². The van der Waals surface area contributed by atoms with E-state index in [9.17, 15) is 14.4 Å². The highest BCUT2D eigenvalue weighted by molar-refractivity contribution is 14.1. The molecule has 0 aliphatic heterocycles. The van der Waals surface area contributed by atoms with E-state index in [1.165, 1.54) is 0 Å². The van der Waals surface area contributed by atoms with Crippen LogP contribution in [0.5, 0.6) is 0 Å². The number of halogens is 1. The average Bonchev–Trinajstić information content (AvgIpc) is 3.56. The molecule has 2 aliphatic rings. The van der Waals surface area contributed by atoms with Crippen molar-refractivity contribution in [3.05, 3.63) is 87.0 Å². The lowest BCUT2D eigenvalue weighted by Gasteiger charge is -2.15. The van der Waals surface area contributed by atoms with Gasteiger partial charge in [-0.3, -0.25) is 14.9 Å². The van der Waals surface area contributed by atoms with E-state index in [-0.39, 0.29) is 30.3 Å². The van der Waals surface area contributed by atoms with Crippen LogP contribution in [0.1, 0.15) is 33.8 Å². The number of carboxylic acids is 1. The summed E-state index contributed by atoms with van der Waals surface area (Å²) in [6, 6.07) is 21.3. The highest BCUT2D eigenvalue weighted by atomic mass is 127. The number of benzene rings is 3. The third-order valence-electron chi connectivity index (χ3n) is 6.51. The Morgan fingerprint density at radius 2 is 1.63 bits per heavy atom. The Labute approximate surface area is 216 Å². The summed E-state index contributed by atoms with van der Waals surface area (Å²) >= 11 is 2.08. The van der Waals surface area contributed by atoms with Gasteiger partial charge in [-0.25, -0.2) is 4.79 Å². The lowest BCUT2D eigenvalue weighted by molar-refractivity contribution is -0.138. The number of nitrogens with one attached hydrogen (secondary N) is 2. The maximum atomic E-state index is 12.6. The molecule has 5 rings (SSSR count). The number of aliphatic carboxylic acids is 1. The van der Waals surface area contributed by atoms with Gasteiger partial charge in [0.1, 0.15) is 6.61 Å². The van der Waals surface area contributed by atoms with Crippen LogP contribution in [0, 0.1) is 15.4 Å². The van der Waals surface area contributed by atoms with Gasteiger partial charge in [-0.1, -0.05) is 48.5 Å². The third-order valence-corrected chi connectivity index (χ3v) is 7.14. The van der Waals surface area contributed by atoms with Gasteiger partial charge in [0.25, 0.3) is 5.91 Å². The Kier molecular flexibility index (Phi) is 6.46. The molecular weight excluding hydrogens is 559 g/mol. The molecule has 7 nitrogen and oxygen atoms in total. The summed E-state index contributed by atoms with van der Waals surface area (Å²) in [4.78, 5) is 36.2. The van der Waals surface area contributed by atoms with Crippen molar-refractivity contribution >= 4 is 46.2 Å². The standard InChI is InChI=1S/C27H23IN2O5/c28-17-9-15(25(31)29-13-16-11-23(16)26(32)33)10-18(12-17)30-27(34)35-14-24-21-7-3-1-5-19(21)20-6-2-4-8-22(20)24/h1-10,12,16,23-24H,11,13-14H2,(H,29,31)(H,30,34)(H,32,33)/t16-,23-/m1/s1. The van der Waals surface area contributed by atoms with E-state index in [2.05, 4.69) is 57.5 Å². The van der Waals surface area contributed by atoms with E-state index in [1.807, 2.05) is 24.3 Å². The van der Waals surface area contributed by atoms with E-state index in [0.717, 1.165) is 25.8 Å². The molecule has 0 spiro atoms. The summed E-state index contributed by atoms with van der Waals surface area (Å²) in [5.41, 5.74) is 5.43. The van der Waals surface area contributed by atoms with Crippen LogP contribution in [0.3, 0.4) is 0 Å². The molecule has 2 atom stereocenters. The van der Waals surface area contributed by atoms with Crippen LogP contribution in [0.4, 0.5) is 10.5 Å². The van der Waals surface area contributed by atoms with Crippen molar-refractivity contribution < 1.29 is 24.2 Å². The summed E-state index contributed by atoms with van der Waals surface area (Å²) in [6.07, 6.45) is -0.0150. The number of carbonyl (C=O) groups is 3. The molecule has 3 N–H and O–H groups in total. The maximum Gasteiger partial charge on any atom is 0.411 e. The van der Waals surface area contributed by atoms with Crippen molar-refractivity contribution in [3.63, 3.8) is 0 Å². The Balaban J connectivity index is 1.21. The van der Waals surface area contributed by atoms with Crippen molar-refractivity contribution in [3.8, 4) is 11.1 Å². The van der Waals surface area contributed by atoms with Crippen LogP contribution < -0.4 is 10.6 Å². The molecule has 2 amide bonds. The number of carboxylic acid groups (broad SMARTS) is 1. The smallest absolute Gasteiger partial charge is 0.411 e. The second kappa shape index (κ2) is 9.69. The number of hydrogen-bond acceptors (Lipinski definition) is 4. The number of anilines is 1. The zero-order valence-electron chi connectivity index (χ0n) is 18.7. The normalized spacial score (nSPS) is 17.7. The molecule has 0 heterocycles. The minimum atomic E-state index is -0.826. The number of carbonyl (C=O) groups excluding carboxylic acids is 2. The number of hydrogen-bond donors (Lipinski definition) is 3. The van der Waals surface area contributed by atoms with Crippen LogP contribution in [0.15, 0.2) is 66.7 Å². The van der Waals surface area contributed by atoms with Gasteiger partial charge in [0.15, 0.2) is 0 Å². The molecule has 0 aromatic heterocycles. The molecule has 3 aromatic carbocycles. The zero-order valence-corrected chi connectivity index (χ0v) is 20.8. The maximum absolute atomic E-state index is 12.6. The molecule has 2 aliphatic carbocycles. The SMILES string of the molecule is O=C(Nc1cc(I)cc(C(=O)NC[C@H]2C[C@H]2C(=O)O)c1)OCC1c2ccccc2-c2ccccc21. The largest absolute Gasteiger partial charge is 0.481 e. The van der Waals surface area contributed by atoms with Crippen LogP contribution in [-0.2, 0) is 9.53 Å². The minimum Gasteiger partial charge on any atom is -0.481 e. The highest BCUT2D eigenvalue weighted by Crippen LogP contribution is 2.44. The summed E-state index contributed by atoms with van der Waals surface area (Å²) < 4.78 is 6.37. The molecule has 1 saturated carbocycles. The van der Waals surface area contributed by atoms with Gasteiger partial charge < -0.3 is 15.2 Å². The Bertz CT molecular complexity index is 1280. The second-order valence-electron chi connectivity index (χ2n) is 8.83. The van der Waals surface area contributed by atoms with Gasteiger partial charge in [-0.15, -0.1) is 0 Å². The van der Waals surface area contributed by atoms with Crippen molar-refractivity contribution in [2.75, 3.05) is 18.5 Å². The van der Waals surface area contributed by atoms with Gasteiger partial charge in [0, 0.05) is 27.3 Å². The molecule has 8 heteroatoms. The van der Waals surface area contributed by atoms with Gasteiger partial charge in [0.05, 0.1) is 5.92 Å². The first-order valence-electron chi connectivity index (χ1n) is 11.3. The first-order chi connectivity index (χ1) is 16.9. The van der Waals surface area contributed by atoms with E-state index >= 15 is 0 Å². The average molecular weight is 582 g/mol. The van der Waals surface area contributed by atoms with Crippen molar-refractivity contribution in [2.24, 2.45) is 11.8 Å². The fourth-order valence-electron chi connectivity index (χ4n) is 4.65. The molecular formula is C27H23IN2O5. The van der Waals surface area contributed by atoms with Crippen LogP contribution in [-0.4, -0.2) is 36.2 Å². The summed E-state index contributed by atoms with van der Waals surface area (Å²) in [5, 5.41) is 14.5. The molecule has 0 bridgehead atoms. The van der Waals surface area contributed by atoms with Gasteiger partial charge in [-0.05, 0) is 75.4 Å². The molecule has 178 valence electrons. The lowest BCUT2D eigenvalue weighted by Crippen LogP contribution is -2.26. The fraction of sp³-hybridized carbons (Fsp3) is 0.222. The molecule has 0 unspecified atom stereocenters. The number of rotatable bonds is 7. The molecule has 0 radical (unpaired) electrons. The summed E-state index contributed by atoms with van der Waals surface area (Å²) in [6.45, 7) is 0.514. The highest BCUT2D eigenvalue weighted by Gasteiger charge is 2.43.